The number of amides is 1. The Balaban J connectivity index is 1.83. The van der Waals surface area contributed by atoms with Gasteiger partial charge in [0.05, 0.1) is 0 Å². The molecule has 0 radical (unpaired) electrons. The van der Waals surface area contributed by atoms with Crippen molar-refractivity contribution in [1.29, 1.82) is 0 Å². The van der Waals surface area contributed by atoms with Crippen molar-refractivity contribution in [3.8, 4) is 16.9 Å². The highest BCUT2D eigenvalue weighted by Gasteiger charge is 2.25. The van der Waals surface area contributed by atoms with Crippen molar-refractivity contribution < 1.29 is 9.90 Å². The summed E-state index contributed by atoms with van der Waals surface area (Å²) in [6.45, 7) is 0.897. The number of rotatable bonds is 3. The van der Waals surface area contributed by atoms with Crippen LogP contribution in [0.4, 0.5) is 0 Å². The highest BCUT2D eigenvalue weighted by atomic mass is 16.3. The summed E-state index contributed by atoms with van der Waals surface area (Å²) in [5.74, 6) is -0.575. The molecule has 0 saturated heterocycles. The molecule has 6 heteroatoms. The van der Waals surface area contributed by atoms with Crippen LogP contribution in [-0.4, -0.2) is 27.1 Å². The number of nitrogens with zero attached hydrogens (tertiary/aromatic N) is 2. The summed E-state index contributed by atoms with van der Waals surface area (Å²) in [4.78, 5) is 28.2. The number of aromatic hydroxyl groups is 1. The van der Waals surface area contributed by atoms with Crippen LogP contribution < -0.4 is 10.9 Å². The highest BCUT2D eigenvalue weighted by molar-refractivity contribution is 5.95. The zero-order valence-corrected chi connectivity index (χ0v) is 14.0. The average Bonchev–Trinajstić information content (AvgIpc) is 2.67. The minimum absolute atomic E-state index is 0.0107. The lowest BCUT2D eigenvalue weighted by atomic mass is 9.97. The smallest absolute Gasteiger partial charge is 0.315 e. The summed E-state index contributed by atoms with van der Waals surface area (Å²) in [5.41, 5.74) is 2.33. The van der Waals surface area contributed by atoms with Crippen LogP contribution in [0, 0.1) is 0 Å². The van der Waals surface area contributed by atoms with Crippen LogP contribution in [0.2, 0.25) is 0 Å². The SMILES string of the molecule is O=C1NCCn2c(Cc3ccccc3-c3ccccc3)nc(=O)c(O)c21. The molecule has 0 saturated carbocycles. The van der Waals surface area contributed by atoms with Crippen LogP contribution in [-0.2, 0) is 13.0 Å². The van der Waals surface area contributed by atoms with Gasteiger partial charge >= 0.3 is 5.56 Å². The Morgan fingerprint density at radius 3 is 2.58 bits per heavy atom. The van der Waals surface area contributed by atoms with E-state index in [1.165, 1.54) is 0 Å². The summed E-state index contributed by atoms with van der Waals surface area (Å²) < 4.78 is 1.64. The zero-order valence-electron chi connectivity index (χ0n) is 14.0. The van der Waals surface area contributed by atoms with E-state index in [1.807, 2.05) is 54.6 Å². The fourth-order valence-electron chi connectivity index (χ4n) is 3.30. The van der Waals surface area contributed by atoms with E-state index in [2.05, 4.69) is 10.3 Å². The molecule has 3 aromatic rings. The van der Waals surface area contributed by atoms with Gasteiger partial charge in [-0.3, -0.25) is 9.59 Å². The van der Waals surface area contributed by atoms with E-state index in [-0.39, 0.29) is 5.69 Å². The molecule has 130 valence electrons. The number of benzene rings is 2. The number of fused-ring (bicyclic) bond motifs is 1. The Bertz CT molecular complexity index is 1040. The fourth-order valence-corrected chi connectivity index (χ4v) is 3.30. The second kappa shape index (κ2) is 6.48. The van der Waals surface area contributed by atoms with E-state index in [1.54, 1.807) is 4.57 Å². The first kappa shape index (κ1) is 16.1. The molecule has 1 amide bonds. The molecule has 0 unspecified atom stereocenters. The summed E-state index contributed by atoms with van der Waals surface area (Å²) in [5, 5.41) is 12.6. The molecule has 1 aliphatic heterocycles. The Hall–Kier alpha value is -3.41. The van der Waals surface area contributed by atoms with Gasteiger partial charge in [-0.15, -0.1) is 0 Å². The minimum atomic E-state index is -0.777. The summed E-state index contributed by atoms with van der Waals surface area (Å²) in [6.07, 6.45) is 0.390. The van der Waals surface area contributed by atoms with Gasteiger partial charge in [0, 0.05) is 19.5 Å². The second-order valence-corrected chi connectivity index (χ2v) is 6.14. The van der Waals surface area contributed by atoms with Crippen LogP contribution in [0.5, 0.6) is 5.75 Å². The molecule has 6 nitrogen and oxygen atoms in total. The summed E-state index contributed by atoms with van der Waals surface area (Å²) in [6, 6.07) is 17.9. The molecule has 0 fully saturated rings. The molecular formula is C20H17N3O3. The van der Waals surface area contributed by atoms with Crippen molar-refractivity contribution in [3.63, 3.8) is 0 Å². The molecule has 26 heavy (non-hydrogen) atoms. The minimum Gasteiger partial charge on any atom is -0.501 e. The zero-order chi connectivity index (χ0) is 18.1. The largest absolute Gasteiger partial charge is 0.501 e. The van der Waals surface area contributed by atoms with E-state index >= 15 is 0 Å². The first-order valence-corrected chi connectivity index (χ1v) is 8.39. The molecule has 1 aromatic heterocycles. The van der Waals surface area contributed by atoms with Crippen LogP contribution in [0.15, 0.2) is 59.4 Å². The summed E-state index contributed by atoms with van der Waals surface area (Å²) >= 11 is 0. The van der Waals surface area contributed by atoms with Gasteiger partial charge in [-0.1, -0.05) is 54.6 Å². The van der Waals surface area contributed by atoms with Crippen molar-refractivity contribution in [2.24, 2.45) is 0 Å². The average molecular weight is 347 g/mol. The molecular weight excluding hydrogens is 330 g/mol. The Morgan fingerprint density at radius 1 is 1.04 bits per heavy atom. The molecule has 0 bridgehead atoms. The quantitative estimate of drug-likeness (QED) is 0.758. The third-order valence-electron chi connectivity index (χ3n) is 4.53. The normalized spacial score (nSPS) is 13.2. The maximum Gasteiger partial charge on any atom is 0.315 e. The van der Waals surface area contributed by atoms with Crippen LogP contribution in [0.25, 0.3) is 11.1 Å². The predicted octanol–water partition coefficient (Wildman–Crippen LogP) is 1.95. The van der Waals surface area contributed by atoms with E-state index in [9.17, 15) is 14.7 Å². The van der Waals surface area contributed by atoms with Gasteiger partial charge in [0.1, 0.15) is 5.82 Å². The van der Waals surface area contributed by atoms with E-state index in [4.69, 9.17) is 0 Å². The lowest BCUT2D eigenvalue weighted by Crippen LogP contribution is -2.39. The molecule has 0 atom stereocenters. The van der Waals surface area contributed by atoms with Gasteiger partial charge in [-0.25, -0.2) is 0 Å². The maximum absolute atomic E-state index is 12.1. The van der Waals surface area contributed by atoms with Crippen molar-refractivity contribution in [1.82, 2.24) is 14.9 Å². The Labute approximate surface area is 149 Å². The molecule has 4 rings (SSSR count). The Kier molecular flexibility index (Phi) is 4.01. The lowest BCUT2D eigenvalue weighted by Gasteiger charge is -2.23. The monoisotopic (exact) mass is 347 g/mol. The Morgan fingerprint density at radius 2 is 1.77 bits per heavy atom. The van der Waals surface area contributed by atoms with Crippen molar-refractivity contribution in [2.45, 2.75) is 13.0 Å². The van der Waals surface area contributed by atoms with Gasteiger partial charge in [0.25, 0.3) is 5.91 Å². The molecule has 2 heterocycles. The highest BCUT2D eigenvalue weighted by Crippen LogP contribution is 2.26. The van der Waals surface area contributed by atoms with Crippen LogP contribution in [0.1, 0.15) is 21.9 Å². The molecule has 0 aliphatic carbocycles. The van der Waals surface area contributed by atoms with Crippen LogP contribution in [0.3, 0.4) is 0 Å². The summed E-state index contributed by atoms with van der Waals surface area (Å²) in [7, 11) is 0. The number of aromatic nitrogens is 2. The number of nitrogens with one attached hydrogen (secondary N) is 1. The first-order chi connectivity index (χ1) is 12.6. The van der Waals surface area contributed by atoms with E-state index in [0.29, 0.717) is 25.3 Å². The standard InChI is InChI=1S/C20H17N3O3/c24-18-17-19(25)21-10-11-23(17)16(22-20(18)26)12-14-8-4-5-9-15(14)13-6-2-1-3-7-13/h1-9,24H,10-12H2,(H,21,25). The number of hydrogen-bond donors (Lipinski definition) is 2. The predicted molar refractivity (Wildman–Crippen MR) is 97.2 cm³/mol. The van der Waals surface area contributed by atoms with Gasteiger partial charge < -0.3 is 15.0 Å². The van der Waals surface area contributed by atoms with Crippen molar-refractivity contribution >= 4 is 5.91 Å². The van der Waals surface area contributed by atoms with Gasteiger partial charge in [0.15, 0.2) is 5.69 Å². The molecule has 2 N–H and O–H groups in total. The third-order valence-corrected chi connectivity index (χ3v) is 4.53. The fraction of sp³-hybridized carbons (Fsp3) is 0.150. The number of carbonyl (C=O) groups is 1. The van der Waals surface area contributed by atoms with E-state index in [0.717, 1.165) is 16.7 Å². The van der Waals surface area contributed by atoms with Gasteiger partial charge in [0.2, 0.25) is 5.75 Å². The number of hydrogen-bond acceptors (Lipinski definition) is 4. The van der Waals surface area contributed by atoms with Crippen molar-refractivity contribution in [2.75, 3.05) is 6.54 Å². The molecule has 1 aliphatic rings. The lowest BCUT2D eigenvalue weighted by molar-refractivity contribution is 0.0920. The van der Waals surface area contributed by atoms with Crippen molar-refractivity contribution in [3.05, 3.63) is 82.0 Å². The van der Waals surface area contributed by atoms with Crippen LogP contribution >= 0.6 is 0 Å². The third kappa shape index (κ3) is 2.75. The number of carbonyl (C=O) groups excluding carboxylic acids is 1. The topological polar surface area (TPSA) is 84.2 Å². The van der Waals surface area contributed by atoms with Gasteiger partial charge in [-0.2, -0.15) is 4.98 Å². The molecule has 2 aromatic carbocycles. The van der Waals surface area contributed by atoms with Gasteiger partial charge in [-0.05, 0) is 16.7 Å². The maximum atomic E-state index is 12.1. The molecule has 0 spiro atoms. The first-order valence-electron chi connectivity index (χ1n) is 8.39. The second-order valence-electron chi connectivity index (χ2n) is 6.14. The van der Waals surface area contributed by atoms with E-state index < -0.39 is 17.2 Å².